The minimum Gasteiger partial charge on any atom is -0.389 e. The van der Waals surface area contributed by atoms with Crippen LogP contribution in [0.5, 0.6) is 0 Å². The molecular formula is C21H31N3O5. The van der Waals surface area contributed by atoms with Crippen molar-refractivity contribution >= 4 is 23.5 Å². The van der Waals surface area contributed by atoms with E-state index in [1.165, 1.54) is 18.2 Å². The molecule has 0 radical (unpaired) electrons. The highest BCUT2D eigenvalue weighted by molar-refractivity contribution is 6.00. The Morgan fingerprint density at radius 2 is 1.79 bits per heavy atom. The molecule has 8 heteroatoms. The van der Waals surface area contributed by atoms with Gasteiger partial charge in [-0.3, -0.25) is 19.2 Å². The number of aliphatic hydroxyl groups is 1. The van der Waals surface area contributed by atoms with Crippen molar-refractivity contribution < 1.29 is 24.3 Å². The molecule has 0 aliphatic carbocycles. The van der Waals surface area contributed by atoms with Crippen molar-refractivity contribution in [1.82, 2.24) is 10.6 Å². The molecule has 0 spiro atoms. The van der Waals surface area contributed by atoms with Gasteiger partial charge in [0.15, 0.2) is 5.78 Å². The molecule has 160 valence electrons. The highest BCUT2D eigenvalue weighted by atomic mass is 16.3. The molecule has 0 bridgehead atoms. The third kappa shape index (κ3) is 7.30. The highest BCUT2D eigenvalue weighted by Gasteiger charge is 2.27. The van der Waals surface area contributed by atoms with Crippen molar-refractivity contribution in [1.29, 1.82) is 0 Å². The number of aliphatic hydroxyl groups excluding tert-OH is 1. The minimum absolute atomic E-state index is 0.103. The smallest absolute Gasteiger partial charge is 0.251 e. The Balaban J connectivity index is 2.89. The lowest BCUT2D eigenvalue weighted by atomic mass is 9.96. The first kappa shape index (κ1) is 24.3. The zero-order chi connectivity index (χ0) is 22.0. The molecule has 3 atom stereocenters. The Kier molecular flexibility index (Phi) is 10.0. The van der Waals surface area contributed by atoms with Gasteiger partial charge in [-0.1, -0.05) is 39.7 Å². The van der Waals surface area contributed by atoms with Gasteiger partial charge in [0.2, 0.25) is 11.8 Å². The van der Waals surface area contributed by atoms with E-state index in [2.05, 4.69) is 10.6 Å². The predicted octanol–water partition coefficient (Wildman–Crippen LogP) is 1.02. The van der Waals surface area contributed by atoms with Crippen LogP contribution in [0.2, 0.25) is 0 Å². The van der Waals surface area contributed by atoms with Gasteiger partial charge in [0.25, 0.3) is 5.91 Å². The fourth-order valence-electron chi connectivity index (χ4n) is 2.93. The molecule has 0 fully saturated rings. The van der Waals surface area contributed by atoms with Gasteiger partial charge < -0.3 is 21.5 Å². The largest absolute Gasteiger partial charge is 0.389 e. The van der Waals surface area contributed by atoms with Crippen LogP contribution >= 0.6 is 0 Å². The topological polar surface area (TPSA) is 139 Å². The molecule has 8 nitrogen and oxygen atoms in total. The summed E-state index contributed by atoms with van der Waals surface area (Å²) >= 11 is 0. The average Bonchev–Trinajstić information content (AvgIpc) is 2.73. The summed E-state index contributed by atoms with van der Waals surface area (Å²) < 4.78 is 0. The number of carbonyl (C=O) groups excluding carboxylic acids is 4. The maximum atomic E-state index is 12.7. The van der Waals surface area contributed by atoms with E-state index in [4.69, 9.17) is 10.8 Å². The Morgan fingerprint density at radius 1 is 1.14 bits per heavy atom. The SMILES string of the molecule is CCC[C@@H](CNC(=O)[C@@H](NC(=O)c1cccc(C(N)=O)c1)[C@@H](C)CC)C(=O)CO. The maximum Gasteiger partial charge on any atom is 0.251 e. The predicted molar refractivity (Wildman–Crippen MR) is 109 cm³/mol. The quantitative estimate of drug-likeness (QED) is 0.411. The number of Topliss-reactive ketones (excluding diaryl/α,β-unsaturated/α-hetero) is 1. The van der Waals surface area contributed by atoms with Crippen molar-refractivity contribution in [3.8, 4) is 0 Å². The molecule has 0 aliphatic rings. The highest BCUT2D eigenvalue weighted by Crippen LogP contribution is 2.12. The lowest BCUT2D eigenvalue weighted by molar-refractivity contribution is -0.127. The van der Waals surface area contributed by atoms with Gasteiger partial charge in [-0.05, 0) is 30.5 Å². The normalized spacial score (nSPS) is 13.8. The van der Waals surface area contributed by atoms with E-state index < -0.39 is 36.3 Å². The maximum absolute atomic E-state index is 12.7. The second kappa shape index (κ2) is 12.0. The van der Waals surface area contributed by atoms with Crippen molar-refractivity contribution in [2.75, 3.05) is 13.2 Å². The van der Waals surface area contributed by atoms with Gasteiger partial charge in [-0.2, -0.15) is 0 Å². The molecule has 0 aliphatic heterocycles. The fraction of sp³-hybridized carbons (Fsp3) is 0.524. The minimum atomic E-state index is -0.809. The van der Waals surface area contributed by atoms with Crippen LogP contribution in [0.25, 0.3) is 0 Å². The summed E-state index contributed by atoms with van der Waals surface area (Å²) in [6.45, 7) is 5.20. The summed E-state index contributed by atoms with van der Waals surface area (Å²) in [6, 6.07) is 5.15. The van der Waals surface area contributed by atoms with Crippen LogP contribution in [0.1, 0.15) is 60.7 Å². The molecule has 5 N–H and O–H groups in total. The Bertz CT molecular complexity index is 735. The van der Waals surface area contributed by atoms with E-state index in [-0.39, 0.29) is 29.4 Å². The zero-order valence-electron chi connectivity index (χ0n) is 17.2. The molecular weight excluding hydrogens is 374 g/mol. The van der Waals surface area contributed by atoms with Gasteiger partial charge in [-0.15, -0.1) is 0 Å². The third-order valence-electron chi connectivity index (χ3n) is 4.96. The number of ketones is 1. The number of amides is 3. The van der Waals surface area contributed by atoms with E-state index >= 15 is 0 Å². The summed E-state index contributed by atoms with van der Waals surface area (Å²) in [6.07, 6.45) is 1.95. The van der Waals surface area contributed by atoms with Crippen molar-refractivity contribution in [2.45, 2.75) is 46.1 Å². The third-order valence-corrected chi connectivity index (χ3v) is 4.96. The summed E-state index contributed by atoms with van der Waals surface area (Å²) in [4.78, 5) is 48.5. The molecule has 0 aromatic heterocycles. The van der Waals surface area contributed by atoms with Crippen LogP contribution < -0.4 is 16.4 Å². The van der Waals surface area contributed by atoms with Crippen LogP contribution in [0, 0.1) is 11.8 Å². The summed E-state index contributed by atoms with van der Waals surface area (Å²) in [5, 5.41) is 14.5. The summed E-state index contributed by atoms with van der Waals surface area (Å²) in [5.74, 6) is -2.48. The number of benzene rings is 1. The van der Waals surface area contributed by atoms with Gasteiger partial charge in [0.05, 0.1) is 0 Å². The first-order chi connectivity index (χ1) is 13.7. The molecule has 3 amide bonds. The molecule has 1 aromatic rings. The molecule has 29 heavy (non-hydrogen) atoms. The Hall–Kier alpha value is -2.74. The zero-order valence-corrected chi connectivity index (χ0v) is 17.2. The first-order valence-electron chi connectivity index (χ1n) is 9.87. The lowest BCUT2D eigenvalue weighted by Gasteiger charge is -2.25. The first-order valence-corrected chi connectivity index (χ1v) is 9.87. The van der Waals surface area contributed by atoms with Crippen molar-refractivity contribution in [3.63, 3.8) is 0 Å². The second-order valence-electron chi connectivity index (χ2n) is 7.14. The van der Waals surface area contributed by atoms with E-state index in [0.717, 1.165) is 6.42 Å². The van der Waals surface area contributed by atoms with Gasteiger partial charge >= 0.3 is 0 Å². The number of hydrogen-bond donors (Lipinski definition) is 4. The summed E-state index contributed by atoms with van der Waals surface area (Å²) in [7, 11) is 0. The molecule has 1 aromatic carbocycles. The number of carbonyl (C=O) groups is 4. The van der Waals surface area contributed by atoms with E-state index in [1.807, 2.05) is 20.8 Å². The van der Waals surface area contributed by atoms with Gasteiger partial charge in [0.1, 0.15) is 12.6 Å². The number of hydrogen-bond acceptors (Lipinski definition) is 5. The van der Waals surface area contributed by atoms with Crippen LogP contribution in [0.4, 0.5) is 0 Å². The average molecular weight is 405 g/mol. The summed E-state index contributed by atoms with van der Waals surface area (Å²) in [5.41, 5.74) is 5.68. The van der Waals surface area contributed by atoms with E-state index in [0.29, 0.717) is 12.8 Å². The Labute approximate surface area is 171 Å². The molecule has 0 heterocycles. The van der Waals surface area contributed by atoms with E-state index in [9.17, 15) is 19.2 Å². The Morgan fingerprint density at radius 3 is 2.34 bits per heavy atom. The number of nitrogens with two attached hydrogens (primary N) is 1. The monoisotopic (exact) mass is 405 g/mol. The molecule has 0 unspecified atom stereocenters. The second-order valence-corrected chi connectivity index (χ2v) is 7.14. The van der Waals surface area contributed by atoms with Crippen LogP contribution in [-0.2, 0) is 9.59 Å². The standard InChI is InChI=1S/C21H31N3O5/c1-4-7-16(17(26)12-25)11-23-21(29)18(13(3)5-2)24-20(28)15-9-6-8-14(10-15)19(22)27/h6,8-10,13,16,18,25H,4-5,7,11-12H2,1-3H3,(H2,22,27)(H,23,29)(H,24,28)/t13-,16-,18-/m0/s1. The number of primary amides is 1. The van der Waals surface area contributed by atoms with Crippen molar-refractivity contribution in [3.05, 3.63) is 35.4 Å². The molecule has 0 saturated carbocycles. The number of nitrogens with one attached hydrogen (secondary N) is 2. The molecule has 0 saturated heterocycles. The van der Waals surface area contributed by atoms with Crippen LogP contribution in [0.3, 0.4) is 0 Å². The van der Waals surface area contributed by atoms with Gasteiger partial charge in [0, 0.05) is 23.6 Å². The molecule has 1 rings (SSSR count). The van der Waals surface area contributed by atoms with Crippen molar-refractivity contribution in [2.24, 2.45) is 17.6 Å². The van der Waals surface area contributed by atoms with E-state index in [1.54, 1.807) is 6.07 Å². The number of rotatable bonds is 12. The lowest BCUT2D eigenvalue weighted by Crippen LogP contribution is -2.51. The van der Waals surface area contributed by atoms with Crippen LogP contribution in [-0.4, -0.2) is 47.8 Å². The van der Waals surface area contributed by atoms with Gasteiger partial charge in [-0.25, -0.2) is 0 Å². The van der Waals surface area contributed by atoms with Crippen LogP contribution in [0.15, 0.2) is 24.3 Å². The fourth-order valence-corrected chi connectivity index (χ4v) is 2.93.